The van der Waals surface area contributed by atoms with Gasteiger partial charge in [-0.25, -0.2) is 0 Å². The summed E-state index contributed by atoms with van der Waals surface area (Å²) in [5.74, 6) is 0.673. The van der Waals surface area contributed by atoms with Gasteiger partial charge in [0.1, 0.15) is 0 Å². The molecule has 124 valence electrons. The molecule has 0 atom stereocenters. The molecule has 3 aromatic rings. The molecule has 0 fully saturated rings. The van der Waals surface area contributed by atoms with Gasteiger partial charge in [-0.2, -0.15) is 0 Å². The summed E-state index contributed by atoms with van der Waals surface area (Å²) in [5.41, 5.74) is 4.13. The summed E-state index contributed by atoms with van der Waals surface area (Å²) in [6, 6.07) is 13.8. The lowest BCUT2D eigenvalue weighted by Crippen LogP contribution is -2.06. The first-order valence-electron chi connectivity index (χ1n) is 8.10. The fourth-order valence-corrected chi connectivity index (χ4v) is 2.56. The van der Waals surface area contributed by atoms with Gasteiger partial charge in [-0.05, 0) is 56.2 Å². The van der Waals surface area contributed by atoms with Gasteiger partial charge in [0.15, 0.2) is 11.5 Å². The third-order valence-corrected chi connectivity index (χ3v) is 3.72. The smallest absolute Gasteiger partial charge is 0.161 e. The second-order valence-corrected chi connectivity index (χ2v) is 6.24. The number of anilines is 1. The maximum atomic E-state index is 10.0. The number of rotatable bonds is 5. The monoisotopic (exact) mass is 322 g/mol. The van der Waals surface area contributed by atoms with Gasteiger partial charge in [-0.1, -0.05) is 18.2 Å². The van der Waals surface area contributed by atoms with E-state index in [-0.39, 0.29) is 11.9 Å². The SMILES string of the molecule is Cc1ccc2cc(NCc3ccc(OC(C)C)c(O)c3)cnc2c1. The Bertz CT molecular complexity index is 859. The van der Waals surface area contributed by atoms with Crippen LogP contribution in [0.2, 0.25) is 0 Å². The molecule has 0 radical (unpaired) electrons. The molecule has 0 aliphatic carbocycles. The second-order valence-electron chi connectivity index (χ2n) is 6.24. The molecule has 3 rings (SSSR count). The van der Waals surface area contributed by atoms with Crippen LogP contribution < -0.4 is 10.1 Å². The summed E-state index contributed by atoms with van der Waals surface area (Å²) < 4.78 is 5.54. The number of ether oxygens (including phenoxy) is 1. The first-order valence-corrected chi connectivity index (χ1v) is 8.10. The lowest BCUT2D eigenvalue weighted by Gasteiger charge is -2.13. The van der Waals surface area contributed by atoms with Gasteiger partial charge in [0.25, 0.3) is 0 Å². The predicted octanol–water partition coefficient (Wildman–Crippen LogP) is 4.65. The topological polar surface area (TPSA) is 54.4 Å². The third kappa shape index (κ3) is 3.77. The van der Waals surface area contributed by atoms with Crippen LogP contribution in [0.3, 0.4) is 0 Å². The second kappa shape index (κ2) is 6.79. The fraction of sp³-hybridized carbons (Fsp3) is 0.250. The number of phenolic OH excluding ortho intramolecular Hbond substituents is 1. The van der Waals surface area contributed by atoms with E-state index >= 15 is 0 Å². The van der Waals surface area contributed by atoms with Crippen LogP contribution in [-0.2, 0) is 6.54 Å². The predicted molar refractivity (Wildman–Crippen MR) is 97.7 cm³/mol. The Labute approximate surface area is 142 Å². The van der Waals surface area contributed by atoms with Crippen molar-refractivity contribution in [3.8, 4) is 11.5 Å². The minimum atomic E-state index is 0.0344. The van der Waals surface area contributed by atoms with Gasteiger partial charge in [-0.15, -0.1) is 0 Å². The zero-order valence-electron chi connectivity index (χ0n) is 14.2. The molecule has 24 heavy (non-hydrogen) atoms. The van der Waals surface area contributed by atoms with E-state index in [4.69, 9.17) is 4.74 Å². The Morgan fingerprint density at radius 3 is 2.71 bits per heavy atom. The quantitative estimate of drug-likeness (QED) is 0.718. The van der Waals surface area contributed by atoms with Gasteiger partial charge in [0, 0.05) is 11.9 Å². The van der Waals surface area contributed by atoms with Crippen LogP contribution in [0.25, 0.3) is 10.9 Å². The van der Waals surface area contributed by atoms with Gasteiger partial charge in [-0.3, -0.25) is 4.98 Å². The molecular weight excluding hydrogens is 300 g/mol. The van der Waals surface area contributed by atoms with Crippen LogP contribution >= 0.6 is 0 Å². The molecule has 0 bridgehead atoms. The summed E-state index contributed by atoms with van der Waals surface area (Å²) >= 11 is 0. The Morgan fingerprint density at radius 2 is 1.96 bits per heavy atom. The van der Waals surface area contributed by atoms with Crippen LogP contribution in [0.15, 0.2) is 48.7 Å². The zero-order chi connectivity index (χ0) is 17.1. The fourth-order valence-electron chi connectivity index (χ4n) is 2.56. The molecule has 0 saturated heterocycles. The standard InChI is InChI=1S/C20H22N2O2/c1-13(2)24-20-7-5-15(9-19(20)23)11-21-17-10-16-6-4-14(3)8-18(16)22-12-17/h4-10,12-13,21,23H,11H2,1-3H3. The van der Waals surface area contributed by atoms with E-state index in [2.05, 4.69) is 41.5 Å². The first-order chi connectivity index (χ1) is 11.5. The summed E-state index contributed by atoms with van der Waals surface area (Å²) in [6.45, 7) is 6.53. The molecule has 4 heteroatoms. The van der Waals surface area contributed by atoms with Crippen LogP contribution in [0, 0.1) is 6.92 Å². The first kappa shape index (κ1) is 16.1. The number of fused-ring (bicyclic) bond motifs is 1. The molecule has 2 N–H and O–H groups in total. The highest BCUT2D eigenvalue weighted by atomic mass is 16.5. The molecule has 2 aromatic carbocycles. The number of nitrogens with one attached hydrogen (secondary N) is 1. The van der Waals surface area contributed by atoms with Gasteiger partial charge < -0.3 is 15.2 Å². The maximum absolute atomic E-state index is 10.0. The average molecular weight is 322 g/mol. The molecule has 0 aliphatic rings. The van der Waals surface area contributed by atoms with Crippen molar-refractivity contribution < 1.29 is 9.84 Å². The summed E-state index contributed by atoms with van der Waals surface area (Å²) in [5, 5.41) is 14.5. The number of aryl methyl sites for hydroxylation is 1. The van der Waals surface area contributed by atoms with E-state index in [1.807, 2.05) is 26.1 Å². The van der Waals surface area contributed by atoms with E-state index in [1.54, 1.807) is 12.1 Å². The van der Waals surface area contributed by atoms with Crippen molar-refractivity contribution in [2.24, 2.45) is 0 Å². The van der Waals surface area contributed by atoms with Crippen molar-refractivity contribution in [3.63, 3.8) is 0 Å². The summed E-state index contributed by atoms with van der Waals surface area (Å²) in [4.78, 5) is 4.49. The lowest BCUT2D eigenvalue weighted by molar-refractivity contribution is 0.232. The number of hydrogen-bond acceptors (Lipinski definition) is 4. The van der Waals surface area contributed by atoms with E-state index in [0.717, 1.165) is 22.2 Å². The largest absolute Gasteiger partial charge is 0.504 e. The number of benzene rings is 2. The van der Waals surface area contributed by atoms with E-state index < -0.39 is 0 Å². The van der Waals surface area contributed by atoms with Crippen LogP contribution in [0.4, 0.5) is 5.69 Å². The molecule has 0 spiro atoms. The third-order valence-electron chi connectivity index (χ3n) is 3.72. The summed E-state index contributed by atoms with van der Waals surface area (Å²) in [6.07, 6.45) is 1.87. The van der Waals surface area contributed by atoms with Gasteiger partial charge in [0.05, 0.1) is 23.5 Å². The van der Waals surface area contributed by atoms with E-state index in [1.165, 1.54) is 5.56 Å². The normalized spacial score (nSPS) is 11.0. The summed E-state index contributed by atoms with van der Waals surface area (Å²) in [7, 11) is 0. The molecule has 0 unspecified atom stereocenters. The number of pyridine rings is 1. The van der Waals surface area contributed by atoms with Crippen LogP contribution in [0.1, 0.15) is 25.0 Å². The number of aromatic hydroxyl groups is 1. The number of aromatic nitrogens is 1. The molecule has 0 amide bonds. The molecule has 4 nitrogen and oxygen atoms in total. The minimum Gasteiger partial charge on any atom is -0.504 e. The highest BCUT2D eigenvalue weighted by Gasteiger charge is 2.06. The molecule has 1 aromatic heterocycles. The van der Waals surface area contributed by atoms with Crippen molar-refractivity contribution >= 4 is 16.6 Å². The molecule has 0 aliphatic heterocycles. The Hall–Kier alpha value is -2.75. The van der Waals surface area contributed by atoms with E-state index in [9.17, 15) is 5.11 Å². The maximum Gasteiger partial charge on any atom is 0.161 e. The van der Waals surface area contributed by atoms with Crippen molar-refractivity contribution in [3.05, 3.63) is 59.8 Å². The Balaban J connectivity index is 1.71. The zero-order valence-corrected chi connectivity index (χ0v) is 14.2. The highest BCUT2D eigenvalue weighted by molar-refractivity contribution is 5.82. The van der Waals surface area contributed by atoms with E-state index in [0.29, 0.717) is 12.3 Å². The van der Waals surface area contributed by atoms with Crippen molar-refractivity contribution in [2.75, 3.05) is 5.32 Å². The lowest BCUT2D eigenvalue weighted by atomic mass is 10.1. The number of phenols is 1. The minimum absolute atomic E-state index is 0.0344. The van der Waals surface area contributed by atoms with Gasteiger partial charge in [0.2, 0.25) is 0 Å². The molecule has 0 saturated carbocycles. The van der Waals surface area contributed by atoms with Crippen molar-refractivity contribution in [2.45, 2.75) is 33.4 Å². The van der Waals surface area contributed by atoms with Crippen molar-refractivity contribution in [1.82, 2.24) is 4.98 Å². The number of nitrogens with zero attached hydrogens (tertiary/aromatic N) is 1. The Kier molecular flexibility index (Phi) is 4.56. The van der Waals surface area contributed by atoms with Crippen LogP contribution in [0.5, 0.6) is 11.5 Å². The molecular formula is C20H22N2O2. The van der Waals surface area contributed by atoms with Crippen molar-refractivity contribution in [1.29, 1.82) is 0 Å². The number of hydrogen-bond donors (Lipinski definition) is 2. The van der Waals surface area contributed by atoms with Crippen LogP contribution in [-0.4, -0.2) is 16.2 Å². The highest BCUT2D eigenvalue weighted by Crippen LogP contribution is 2.28. The molecule has 1 heterocycles. The average Bonchev–Trinajstić information content (AvgIpc) is 2.55. The Morgan fingerprint density at radius 1 is 1.12 bits per heavy atom. The van der Waals surface area contributed by atoms with Gasteiger partial charge >= 0.3 is 0 Å².